The Morgan fingerprint density at radius 2 is 1.34 bits per heavy atom. The number of hydrogen-bond donors (Lipinski definition) is 0. The summed E-state index contributed by atoms with van der Waals surface area (Å²) >= 11 is 0. The van der Waals surface area contributed by atoms with Crippen LogP contribution >= 0.6 is 0 Å². The van der Waals surface area contributed by atoms with E-state index < -0.39 is 0 Å². The van der Waals surface area contributed by atoms with Crippen molar-refractivity contribution in [2.75, 3.05) is 6.61 Å². The lowest BCUT2D eigenvalue weighted by Crippen LogP contribution is -2.07. The second kappa shape index (κ2) is 15.9. The molecule has 2 aromatic carbocycles. The minimum Gasteiger partial charge on any atom is -0.466 e. The van der Waals surface area contributed by atoms with Gasteiger partial charge in [0.2, 0.25) is 0 Å². The van der Waals surface area contributed by atoms with E-state index in [2.05, 4.69) is 6.92 Å². The molecule has 0 aliphatic rings. The molecule has 0 atom stereocenters. The van der Waals surface area contributed by atoms with Crippen LogP contribution in [0.5, 0.6) is 11.5 Å². The van der Waals surface area contributed by atoms with Crippen LogP contribution in [-0.4, -0.2) is 18.5 Å². The van der Waals surface area contributed by atoms with E-state index in [9.17, 15) is 9.59 Å². The van der Waals surface area contributed by atoms with Gasteiger partial charge in [-0.05, 0) is 49.1 Å². The zero-order valence-corrected chi connectivity index (χ0v) is 19.2. The Morgan fingerprint density at radius 1 is 0.688 bits per heavy atom. The van der Waals surface area contributed by atoms with Crippen LogP contribution in [0.2, 0.25) is 0 Å². The molecule has 5 nitrogen and oxygen atoms in total. The van der Waals surface area contributed by atoms with E-state index in [1.54, 1.807) is 0 Å². The van der Waals surface area contributed by atoms with Gasteiger partial charge in [0, 0.05) is 12.8 Å². The van der Waals surface area contributed by atoms with Crippen LogP contribution in [0.25, 0.3) is 0 Å². The first-order valence-electron chi connectivity index (χ1n) is 11.8. The summed E-state index contributed by atoms with van der Waals surface area (Å²) in [4.78, 5) is 23.7. The van der Waals surface area contributed by atoms with Gasteiger partial charge in [0.1, 0.15) is 18.1 Å². The van der Waals surface area contributed by atoms with Gasteiger partial charge in [-0.1, -0.05) is 69.4 Å². The summed E-state index contributed by atoms with van der Waals surface area (Å²) in [6.07, 6.45) is 8.90. The van der Waals surface area contributed by atoms with Crippen molar-refractivity contribution in [1.29, 1.82) is 0 Å². The minimum atomic E-state index is -0.264. The topological polar surface area (TPSA) is 61.8 Å². The van der Waals surface area contributed by atoms with Gasteiger partial charge in [0.25, 0.3) is 0 Å². The molecular formula is C27H36O5. The second-order valence-electron chi connectivity index (χ2n) is 7.92. The van der Waals surface area contributed by atoms with Crippen molar-refractivity contribution in [2.45, 2.75) is 77.7 Å². The predicted octanol–water partition coefficient (Wildman–Crippen LogP) is 6.99. The van der Waals surface area contributed by atoms with Crippen LogP contribution in [-0.2, 0) is 25.7 Å². The van der Waals surface area contributed by atoms with Crippen molar-refractivity contribution >= 4 is 11.9 Å². The molecule has 0 saturated heterocycles. The van der Waals surface area contributed by atoms with Crippen LogP contribution in [0.1, 0.15) is 76.7 Å². The molecule has 0 amide bonds. The summed E-state index contributed by atoms with van der Waals surface area (Å²) in [5.41, 5.74) is 0.866. The molecule has 0 radical (unpaired) electrons. The number of benzene rings is 2. The molecule has 0 aliphatic carbocycles. The third kappa shape index (κ3) is 11.5. The van der Waals surface area contributed by atoms with Crippen molar-refractivity contribution in [1.82, 2.24) is 0 Å². The summed E-state index contributed by atoms with van der Waals surface area (Å²) in [5.74, 6) is 1.01. The van der Waals surface area contributed by atoms with Gasteiger partial charge in [-0.25, -0.2) is 0 Å². The quantitative estimate of drug-likeness (QED) is 0.208. The molecule has 0 unspecified atom stereocenters. The second-order valence-corrected chi connectivity index (χ2v) is 7.92. The van der Waals surface area contributed by atoms with Crippen LogP contribution in [0, 0.1) is 0 Å². The highest BCUT2D eigenvalue weighted by molar-refractivity contribution is 5.70. The van der Waals surface area contributed by atoms with Gasteiger partial charge in [-0.3, -0.25) is 9.59 Å². The van der Waals surface area contributed by atoms with E-state index in [4.69, 9.17) is 14.2 Å². The third-order valence-electron chi connectivity index (χ3n) is 5.05. The maximum absolute atomic E-state index is 12.0. The van der Waals surface area contributed by atoms with Crippen LogP contribution in [0.3, 0.4) is 0 Å². The molecule has 32 heavy (non-hydrogen) atoms. The van der Waals surface area contributed by atoms with E-state index in [-0.39, 0.29) is 18.5 Å². The van der Waals surface area contributed by atoms with Gasteiger partial charge in [-0.2, -0.15) is 0 Å². The smallest absolute Gasteiger partial charge is 0.306 e. The highest BCUT2D eigenvalue weighted by Crippen LogP contribution is 2.22. The largest absolute Gasteiger partial charge is 0.466 e. The van der Waals surface area contributed by atoms with E-state index in [1.165, 1.54) is 25.7 Å². The van der Waals surface area contributed by atoms with Crippen molar-refractivity contribution in [2.24, 2.45) is 0 Å². The van der Waals surface area contributed by atoms with E-state index >= 15 is 0 Å². The average molecular weight is 441 g/mol. The van der Waals surface area contributed by atoms with E-state index in [0.717, 1.165) is 24.2 Å². The molecule has 0 fully saturated rings. The zero-order valence-electron chi connectivity index (χ0n) is 19.2. The fourth-order valence-electron chi connectivity index (χ4n) is 3.24. The first-order chi connectivity index (χ1) is 15.7. The number of ether oxygens (including phenoxy) is 3. The number of esters is 2. The van der Waals surface area contributed by atoms with Crippen LogP contribution < -0.4 is 4.74 Å². The number of unbranched alkanes of at least 4 members (excludes halogenated alkanes) is 6. The molecule has 0 bridgehead atoms. The van der Waals surface area contributed by atoms with Crippen molar-refractivity contribution in [3.05, 3.63) is 60.2 Å². The summed E-state index contributed by atoms with van der Waals surface area (Å²) in [6.45, 7) is 2.90. The van der Waals surface area contributed by atoms with Crippen molar-refractivity contribution < 1.29 is 23.8 Å². The minimum absolute atomic E-state index is 0.179. The molecular weight excluding hydrogens is 404 g/mol. The Labute approximate surface area is 192 Å². The fourth-order valence-corrected chi connectivity index (χ4v) is 3.24. The maximum Gasteiger partial charge on any atom is 0.306 e. The maximum atomic E-state index is 12.0. The third-order valence-corrected chi connectivity index (χ3v) is 5.05. The molecule has 5 heteroatoms. The molecule has 0 aliphatic heterocycles. The van der Waals surface area contributed by atoms with E-state index in [0.29, 0.717) is 38.0 Å². The van der Waals surface area contributed by atoms with Gasteiger partial charge < -0.3 is 14.2 Å². The lowest BCUT2D eigenvalue weighted by molar-refractivity contribution is -0.146. The number of carbonyl (C=O) groups is 2. The number of hydrogen-bond acceptors (Lipinski definition) is 5. The first-order valence-corrected chi connectivity index (χ1v) is 11.8. The standard InChI is InChI=1S/C27H36O5/c1-2-3-4-5-6-12-20-30-26(28)18-10-11-19-27(29)31-22-23-14-13-17-25(21-23)32-24-15-8-7-9-16-24/h7-9,13-17,21H,2-6,10-12,18-20,22H2,1H3. The van der Waals surface area contributed by atoms with Gasteiger partial charge in [0.05, 0.1) is 6.61 Å². The SMILES string of the molecule is CCCCCCCCOC(=O)CCCCC(=O)OCc1cccc(Oc2ccccc2)c1. The average Bonchev–Trinajstić information content (AvgIpc) is 2.81. The zero-order chi connectivity index (χ0) is 22.9. The highest BCUT2D eigenvalue weighted by atomic mass is 16.5. The molecule has 2 aromatic rings. The highest BCUT2D eigenvalue weighted by Gasteiger charge is 2.07. The van der Waals surface area contributed by atoms with Gasteiger partial charge in [0.15, 0.2) is 0 Å². The van der Waals surface area contributed by atoms with Crippen LogP contribution in [0.4, 0.5) is 0 Å². The van der Waals surface area contributed by atoms with Crippen LogP contribution in [0.15, 0.2) is 54.6 Å². The monoisotopic (exact) mass is 440 g/mol. The molecule has 174 valence electrons. The molecule has 0 N–H and O–H groups in total. The Morgan fingerprint density at radius 3 is 2.09 bits per heavy atom. The number of para-hydroxylation sites is 1. The lowest BCUT2D eigenvalue weighted by Gasteiger charge is -2.09. The Hall–Kier alpha value is -2.82. The van der Waals surface area contributed by atoms with Crippen molar-refractivity contribution in [3.8, 4) is 11.5 Å². The van der Waals surface area contributed by atoms with Gasteiger partial charge >= 0.3 is 11.9 Å². The molecule has 2 rings (SSSR count). The summed E-state index contributed by atoms with van der Waals surface area (Å²) in [7, 11) is 0. The lowest BCUT2D eigenvalue weighted by atomic mass is 10.1. The Kier molecular flexibility index (Phi) is 12.6. The summed E-state index contributed by atoms with van der Waals surface area (Å²) in [5, 5.41) is 0. The normalized spacial score (nSPS) is 10.5. The molecule has 0 spiro atoms. The summed E-state index contributed by atoms with van der Waals surface area (Å²) in [6, 6.07) is 17.0. The van der Waals surface area contributed by atoms with Gasteiger partial charge in [-0.15, -0.1) is 0 Å². The predicted molar refractivity (Wildman–Crippen MR) is 126 cm³/mol. The number of rotatable bonds is 16. The Bertz CT molecular complexity index is 788. The molecule has 0 heterocycles. The first kappa shape index (κ1) is 25.4. The number of carbonyl (C=O) groups excluding carboxylic acids is 2. The Balaban J connectivity index is 1.53. The molecule has 0 saturated carbocycles. The van der Waals surface area contributed by atoms with E-state index in [1.807, 2.05) is 54.6 Å². The van der Waals surface area contributed by atoms with Crippen molar-refractivity contribution in [3.63, 3.8) is 0 Å². The fraction of sp³-hybridized carbons (Fsp3) is 0.481. The summed E-state index contributed by atoms with van der Waals surface area (Å²) < 4.78 is 16.4. The molecule has 0 aromatic heterocycles.